The average molecular weight is 458 g/mol. The Kier molecular flexibility index (Phi) is 8.10. The van der Waals surface area contributed by atoms with Crippen molar-refractivity contribution >= 4 is 34.9 Å². The zero-order valence-electron chi connectivity index (χ0n) is 16.6. The van der Waals surface area contributed by atoms with E-state index in [1.165, 1.54) is 50.6 Å². The van der Waals surface area contributed by atoms with Gasteiger partial charge < -0.3 is 19.5 Å². The summed E-state index contributed by atoms with van der Waals surface area (Å²) in [6, 6.07) is 8.21. The molecule has 0 radical (unpaired) electrons. The zero-order chi connectivity index (χ0) is 21.0. The normalized spacial score (nSPS) is 15.9. The Morgan fingerprint density at radius 2 is 2.00 bits per heavy atom. The third kappa shape index (κ3) is 5.24. The lowest BCUT2D eigenvalue weighted by molar-refractivity contribution is 0.102. The van der Waals surface area contributed by atoms with Crippen molar-refractivity contribution in [3.05, 3.63) is 47.8 Å². The fourth-order valence-electron chi connectivity index (χ4n) is 3.18. The largest absolute Gasteiger partial charge is 0.496 e. The van der Waals surface area contributed by atoms with Crippen LogP contribution in [-0.2, 0) is 14.6 Å². The molecule has 7 nitrogen and oxygen atoms in total. The van der Waals surface area contributed by atoms with E-state index in [2.05, 4.69) is 5.32 Å². The first-order valence-electron chi connectivity index (χ1n) is 8.98. The van der Waals surface area contributed by atoms with Gasteiger partial charge in [-0.2, -0.15) is 13.5 Å². The highest BCUT2D eigenvalue weighted by molar-refractivity contribution is 7.91. The quantitative estimate of drug-likeness (QED) is 0.687. The summed E-state index contributed by atoms with van der Waals surface area (Å²) < 4.78 is 54.9. The second-order valence-corrected chi connectivity index (χ2v) is 8.68. The summed E-state index contributed by atoms with van der Waals surface area (Å²) in [7, 11) is -0.957. The number of carbonyl (C=O) groups excluding carboxylic acids is 1. The predicted octanol–water partition coefficient (Wildman–Crippen LogP) is 3.02. The molecule has 0 unspecified atom stereocenters. The number of amides is 1. The minimum Gasteiger partial charge on any atom is -0.496 e. The van der Waals surface area contributed by atoms with Gasteiger partial charge in [0.15, 0.2) is 21.4 Å². The van der Waals surface area contributed by atoms with Crippen molar-refractivity contribution in [1.82, 2.24) is 0 Å². The smallest absolute Gasteiger partial charge is 0.259 e. The van der Waals surface area contributed by atoms with Gasteiger partial charge in [-0.1, -0.05) is 6.07 Å². The standard InChI is InChI=1S/C20H22FNO6S.H2S/c1-26-18-7-6-14(29(24,25)12-13-8-9-28-11-13)10-15(18)20(23)22-17-5-3-4-16(21)19(17)27-2;/h3-7,10,13H,8-9,11-12H2,1-2H3,(H,22,23);1H2/t13-;/m0./s1. The number of anilines is 1. The molecule has 0 aliphatic carbocycles. The molecule has 10 heteroatoms. The fourth-order valence-corrected chi connectivity index (χ4v) is 4.83. The number of benzene rings is 2. The molecule has 0 bridgehead atoms. The van der Waals surface area contributed by atoms with Crippen LogP contribution in [0.3, 0.4) is 0 Å². The maximum absolute atomic E-state index is 13.9. The molecule has 30 heavy (non-hydrogen) atoms. The summed E-state index contributed by atoms with van der Waals surface area (Å²) >= 11 is 0. The number of hydrogen-bond donors (Lipinski definition) is 1. The minimum atomic E-state index is -3.62. The van der Waals surface area contributed by atoms with Crippen LogP contribution in [-0.4, -0.2) is 47.5 Å². The molecule has 1 aliphatic heterocycles. The molecule has 1 heterocycles. The molecule has 1 amide bonds. The summed E-state index contributed by atoms with van der Waals surface area (Å²) in [5.74, 6) is -1.33. The van der Waals surface area contributed by atoms with E-state index in [-0.39, 0.29) is 52.8 Å². The lowest BCUT2D eigenvalue weighted by Crippen LogP contribution is -2.18. The summed E-state index contributed by atoms with van der Waals surface area (Å²) in [4.78, 5) is 12.8. The summed E-state index contributed by atoms with van der Waals surface area (Å²) in [5.41, 5.74) is 0.137. The number of methoxy groups -OCH3 is 2. The molecule has 0 spiro atoms. The molecular formula is C20H24FNO6S2. The van der Waals surface area contributed by atoms with Crippen LogP contribution < -0.4 is 14.8 Å². The van der Waals surface area contributed by atoms with Gasteiger partial charge in [-0.05, 0) is 42.7 Å². The number of halogens is 1. The Morgan fingerprint density at radius 3 is 2.63 bits per heavy atom. The molecule has 164 valence electrons. The van der Waals surface area contributed by atoms with Gasteiger partial charge in [0.2, 0.25) is 0 Å². The molecule has 1 saturated heterocycles. The van der Waals surface area contributed by atoms with Crippen molar-refractivity contribution in [3.8, 4) is 11.5 Å². The molecule has 0 saturated carbocycles. The van der Waals surface area contributed by atoms with Gasteiger partial charge in [0, 0.05) is 6.61 Å². The van der Waals surface area contributed by atoms with Crippen LogP contribution >= 0.6 is 13.5 Å². The average Bonchev–Trinajstić information content (AvgIpc) is 3.20. The molecule has 1 atom stereocenters. The number of rotatable bonds is 7. The SMILES string of the molecule is COc1ccc(S(=O)(=O)C[C@H]2CCOC2)cc1C(=O)Nc1cccc(F)c1OC.S. The van der Waals surface area contributed by atoms with Gasteiger partial charge in [0.25, 0.3) is 5.91 Å². The first kappa shape index (κ1) is 24.0. The van der Waals surface area contributed by atoms with Gasteiger partial charge in [-0.25, -0.2) is 12.8 Å². The maximum Gasteiger partial charge on any atom is 0.259 e. The maximum atomic E-state index is 13.9. The lowest BCUT2D eigenvalue weighted by atomic mass is 10.1. The molecule has 1 aliphatic rings. The van der Waals surface area contributed by atoms with Crippen LogP contribution in [0.25, 0.3) is 0 Å². The highest BCUT2D eigenvalue weighted by Gasteiger charge is 2.26. The summed E-state index contributed by atoms with van der Waals surface area (Å²) in [6.07, 6.45) is 0.683. The van der Waals surface area contributed by atoms with E-state index in [9.17, 15) is 17.6 Å². The predicted molar refractivity (Wildman–Crippen MR) is 115 cm³/mol. The molecule has 2 aromatic carbocycles. The Balaban J connectivity index is 0.00000320. The third-order valence-corrected chi connectivity index (χ3v) is 6.56. The van der Waals surface area contributed by atoms with Crippen LogP contribution in [0.1, 0.15) is 16.8 Å². The van der Waals surface area contributed by atoms with Gasteiger partial charge in [0.05, 0.1) is 42.7 Å². The highest BCUT2D eigenvalue weighted by Crippen LogP contribution is 2.30. The van der Waals surface area contributed by atoms with E-state index >= 15 is 0 Å². The van der Waals surface area contributed by atoms with Crippen molar-refractivity contribution in [1.29, 1.82) is 0 Å². The van der Waals surface area contributed by atoms with Gasteiger partial charge in [-0.15, -0.1) is 0 Å². The summed E-state index contributed by atoms with van der Waals surface area (Å²) in [5, 5.41) is 2.55. The number of sulfone groups is 1. The van der Waals surface area contributed by atoms with Crippen molar-refractivity contribution in [2.75, 3.05) is 38.5 Å². The fraction of sp³-hybridized carbons (Fsp3) is 0.350. The Bertz CT molecular complexity index is 1010. The first-order chi connectivity index (χ1) is 13.9. The van der Waals surface area contributed by atoms with Crippen molar-refractivity contribution in [3.63, 3.8) is 0 Å². The number of ether oxygens (including phenoxy) is 3. The molecule has 2 aromatic rings. The number of carbonyl (C=O) groups is 1. The van der Waals surface area contributed by atoms with Crippen LogP contribution in [0.2, 0.25) is 0 Å². The highest BCUT2D eigenvalue weighted by atomic mass is 32.2. The van der Waals surface area contributed by atoms with E-state index in [4.69, 9.17) is 14.2 Å². The van der Waals surface area contributed by atoms with Gasteiger partial charge >= 0.3 is 0 Å². The minimum absolute atomic E-state index is 0. The number of hydrogen-bond acceptors (Lipinski definition) is 6. The van der Waals surface area contributed by atoms with Gasteiger partial charge in [-0.3, -0.25) is 4.79 Å². The van der Waals surface area contributed by atoms with Crippen LogP contribution in [0.4, 0.5) is 10.1 Å². The Morgan fingerprint density at radius 1 is 1.23 bits per heavy atom. The molecular weight excluding hydrogens is 433 g/mol. The first-order valence-corrected chi connectivity index (χ1v) is 10.6. The Hall–Kier alpha value is -2.30. The van der Waals surface area contributed by atoms with E-state index in [0.29, 0.717) is 19.6 Å². The van der Waals surface area contributed by atoms with E-state index < -0.39 is 21.6 Å². The lowest BCUT2D eigenvalue weighted by Gasteiger charge is -2.14. The molecule has 1 fully saturated rings. The topological polar surface area (TPSA) is 90.9 Å². The monoisotopic (exact) mass is 457 g/mol. The molecule has 0 aromatic heterocycles. The molecule has 1 N–H and O–H groups in total. The van der Waals surface area contributed by atoms with Crippen LogP contribution in [0, 0.1) is 11.7 Å². The van der Waals surface area contributed by atoms with Crippen molar-refractivity contribution < 1.29 is 31.8 Å². The van der Waals surface area contributed by atoms with E-state index in [1.807, 2.05) is 0 Å². The number of nitrogens with one attached hydrogen (secondary N) is 1. The van der Waals surface area contributed by atoms with Crippen LogP contribution in [0.15, 0.2) is 41.3 Å². The second-order valence-electron chi connectivity index (χ2n) is 6.65. The third-order valence-electron chi connectivity index (χ3n) is 4.67. The zero-order valence-corrected chi connectivity index (χ0v) is 18.4. The van der Waals surface area contributed by atoms with Crippen molar-refractivity contribution in [2.45, 2.75) is 11.3 Å². The Labute approximate surface area is 181 Å². The number of para-hydroxylation sites is 1. The molecule has 3 rings (SSSR count). The van der Waals surface area contributed by atoms with E-state index in [1.54, 1.807) is 0 Å². The van der Waals surface area contributed by atoms with Crippen LogP contribution in [0.5, 0.6) is 11.5 Å². The summed E-state index contributed by atoms with van der Waals surface area (Å²) in [6.45, 7) is 0.952. The van der Waals surface area contributed by atoms with Gasteiger partial charge in [0.1, 0.15) is 5.75 Å². The second kappa shape index (κ2) is 10.1. The van der Waals surface area contributed by atoms with E-state index in [0.717, 1.165) is 0 Å². The van der Waals surface area contributed by atoms with Crippen molar-refractivity contribution in [2.24, 2.45) is 5.92 Å².